The van der Waals surface area contributed by atoms with E-state index in [4.69, 9.17) is 0 Å². The van der Waals surface area contributed by atoms with Gasteiger partial charge in [-0.3, -0.25) is 19.1 Å². The van der Waals surface area contributed by atoms with Crippen LogP contribution in [0.2, 0.25) is 0 Å². The number of aromatic hydroxyl groups is 1. The molecule has 1 saturated heterocycles. The van der Waals surface area contributed by atoms with Gasteiger partial charge in [0.1, 0.15) is 6.67 Å². The molecule has 0 unspecified atom stereocenters. The topological polar surface area (TPSA) is 94.9 Å². The third kappa shape index (κ3) is 1.94. The Labute approximate surface area is 132 Å². The molecule has 2 amide bonds. The van der Waals surface area contributed by atoms with Gasteiger partial charge in [0.15, 0.2) is 11.4 Å². The van der Waals surface area contributed by atoms with Crippen molar-refractivity contribution in [1.82, 2.24) is 14.5 Å². The van der Waals surface area contributed by atoms with Crippen molar-refractivity contribution in [1.29, 1.82) is 0 Å². The number of carbonyl (C=O) groups excluding carboxylic acids is 2. The molecule has 122 valence electrons. The summed E-state index contributed by atoms with van der Waals surface area (Å²) in [7, 11) is 0. The lowest BCUT2D eigenvalue weighted by Crippen LogP contribution is -2.68. The second kappa shape index (κ2) is 4.50. The van der Waals surface area contributed by atoms with Crippen molar-refractivity contribution in [3.8, 4) is 5.75 Å². The van der Waals surface area contributed by atoms with Crippen LogP contribution in [0.3, 0.4) is 0 Å². The first kappa shape index (κ1) is 14.1. The van der Waals surface area contributed by atoms with Crippen LogP contribution in [0.4, 0.5) is 0 Å². The molecule has 3 aliphatic rings. The summed E-state index contributed by atoms with van der Waals surface area (Å²) in [6.45, 7) is 3.43. The van der Waals surface area contributed by atoms with Gasteiger partial charge in [0, 0.05) is 43.7 Å². The summed E-state index contributed by atoms with van der Waals surface area (Å²) in [6, 6.07) is 1.30. The Bertz CT molecular complexity index is 757. The summed E-state index contributed by atoms with van der Waals surface area (Å²) < 4.78 is 1.39. The highest BCUT2D eigenvalue weighted by molar-refractivity contribution is 5.96. The lowest BCUT2D eigenvalue weighted by molar-refractivity contribution is -0.153. The summed E-state index contributed by atoms with van der Waals surface area (Å²) in [5, 5.41) is 9.89. The van der Waals surface area contributed by atoms with Crippen LogP contribution in [-0.2, 0) is 4.79 Å². The smallest absolute Gasteiger partial charge is 0.278 e. The van der Waals surface area contributed by atoms with Crippen LogP contribution in [0.1, 0.15) is 30.3 Å². The van der Waals surface area contributed by atoms with Crippen molar-refractivity contribution < 1.29 is 14.7 Å². The Morgan fingerprint density at radius 3 is 2.70 bits per heavy atom. The largest absolute Gasteiger partial charge is 0.502 e. The molecule has 1 aliphatic carbocycles. The highest BCUT2D eigenvalue weighted by Gasteiger charge is 2.55. The third-order valence-corrected chi connectivity index (χ3v) is 5.22. The second-order valence-corrected chi connectivity index (χ2v) is 6.78. The standard InChI is InChI=1S/C15H18N4O4/c1-9(20)17-6-15(7-17)4-10(5-15)18-8-16-19-3-2-11(21)13(22)12(19)14(18)23/h2-3,10,16,22H,4-8H2,1H3. The number of aromatic nitrogens is 1. The fourth-order valence-corrected chi connectivity index (χ4v) is 3.92. The van der Waals surface area contributed by atoms with Gasteiger partial charge in [0.05, 0.1) is 0 Å². The van der Waals surface area contributed by atoms with Gasteiger partial charge in [-0.05, 0) is 12.8 Å². The number of hydrogen-bond donors (Lipinski definition) is 2. The molecule has 1 aromatic heterocycles. The molecule has 1 aromatic rings. The Kier molecular flexibility index (Phi) is 2.76. The molecule has 0 atom stereocenters. The fraction of sp³-hybridized carbons (Fsp3) is 0.533. The van der Waals surface area contributed by atoms with E-state index in [1.165, 1.54) is 16.9 Å². The van der Waals surface area contributed by atoms with Crippen LogP contribution in [-0.4, -0.2) is 57.2 Å². The summed E-state index contributed by atoms with van der Waals surface area (Å²) in [5.41, 5.74) is 2.58. The van der Waals surface area contributed by atoms with E-state index in [-0.39, 0.29) is 29.0 Å². The summed E-state index contributed by atoms with van der Waals surface area (Å²) in [4.78, 5) is 38.9. The minimum atomic E-state index is -0.561. The van der Waals surface area contributed by atoms with Gasteiger partial charge >= 0.3 is 0 Å². The number of nitrogens with zero attached hydrogens (tertiary/aromatic N) is 3. The predicted octanol–water partition coefficient (Wildman–Crippen LogP) is -0.478. The maximum absolute atomic E-state index is 12.6. The lowest BCUT2D eigenvalue weighted by atomic mass is 9.60. The molecular weight excluding hydrogens is 300 g/mol. The number of fused-ring (bicyclic) bond motifs is 1. The first-order chi connectivity index (χ1) is 10.9. The van der Waals surface area contributed by atoms with Crippen LogP contribution in [0.25, 0.3) is 0 Å². The van der Waals surface area contributed by atoms with Gasteiger partial charge in [0.2, 0.25) is 11.3 Å². The van der Waals surface area contributed by atoms with Crippen LogP contribution >= 0.6 is 0 Å². The normalized spacial score (nSPS) is 22.2. The third-order valence-electron chi connectivity index (χ3n) is 5.22. The zero-order valence-electron chi connectivity index (χ0n) is 12.8. The van der Waals surface area contributed by atoms with Gasteiger partial charge in [-0.1, -0.05) is 0 Å². The van der Waals surface area contributed by atoms with E-state index in [9.17, 15) is 19.5 Å². The molecule has 8 heteroatoms. The van der Waals surface area contributed by atoms with Gasteiger partial charge in [-0.2, -0.15) is 0 Å². The second-order valence-electron chi connectivity index (χ2n) is 6.78. The molecular formula is C15H18N4O4. The van der Waals surface area contributed by atoms with E-state index < -0.39 is 11.2 Å². The van der Waals surface area contributed by atoms with Gasteiger partial charge < -0.3 is 20.3 Å². The Morgan fingerprint density at radius 2 is 2.04 bits per heavy atom. The number of amides is 2. The molecule has 2 fully saturated rings. The molecule has 1 spiro atoms. The monoisotopic (exact) mass is 318 g/mol. The number of carbonyl (C=O) groups is 2. The quantitative estimate of drug-likeness (QED) is 0.729. The Balaban J connectivity index is 1.49. The zero-order valence-corrected chi connectivity index (χ0v) is 12.8. The predicted molar refractivity (Wildman–Crippen MR) is 80.5 cm³/mol. The van der Waals surface area contributed by atoms with Crippen molar-refractivity contribution in [3.05, 3.63) is 28.2 Å². The molecule has 0 radical (unpaired) electrons. The average molecular weight is 318 g/mol. The molecule has 2 N–H and O–H groups in total. The van der Waals surface area contributed by atoms with Crippen molar-refractivity contribution in [2.45, 2.75) is 25.8 Å². The number of likely N-dealkylation sites (tertiary alicyclic amines) is 1. The zero-order chi connectivity index (χ0) is 16.4. The minimum Gasteiger partial charge on any atom is -0.502 e. The van der Waals surface area contributed by atoms with E-state index >= 15 is 0 Å². The Hall–Kier alpha value is -2.51. The molecule has 4 rings (SSSR count). The fourth-order valence-electron chi connectivity index (χ4n) is 3.92. The molecule has 0 bridgehead atoms. The van der Waals surface area contributed by atoms with Crippen molar-refractivity contribution in [2.24, 2.45) is 5.41 Å². The van der Waals surface area contributed by atoms with Gasteiger partial charge in [0.25, 0.3) is 5.91 Å². The van der Waals surface area contributed by atoms with Crippen LogP contribution in [0, 0.1) is 5.41 Å². The van der Waals surface area contributed by atoms with Crippen molar-refractivity contribution >= 4 is 11.8 Å². The van der Waals surface area contributed by atoms with E-state index in [0.717, 1.165) is 25.9 Å². The van der Waals surface area contributed by atoms with E-state index in [1.807, 2.05) is 4.90 Å². The minimum absolute atomic E-state index is 0.0105. The maximum Gasteiger partial charge on any atom is 0.278 e. The Morgan fingerprint density at radius 1 is 1.35 bits per heavy atom. The van der Waals surface area contributed by atoms with E-state index in [1.54, 1.807) is 11.8 Å². The van der Waals surface area contributed by atoms with Crippen LogP contribution in [0.5, 0.6) is 5.75 Å². The molecule has 2 aliphatic heterocycles. The van der Waals surface area contributed by atoms with E-state index in [2.05, 4.69) is 5.43 Å². The lowest BCUT2D eigenvalue weighted by Gasteiger charge is -2.61. The van der Waals surface area contributed by atoms with E-state index in [0.29, 0.717) is 6.67 Å². The first-order valence-corrected chi connectivity index (χ1v) is 7.65. The molecule has 3 heterocycles. The highest BCUT2D eigenvalue weighted by Crippen LogP contribution is 2.50. The number of rotatable bonds is 1. The molecule has 1 saturated carbocycles. The van der Waals surface area contributed by atoms with Crippen molar-refractivity contribution in [3.63, 3.8) is 0 Å². The average Bonchev–Trinajstić information content (AvgIpc) is 2.41. The molecule has 0 aromatic carbocycles. The highest BCUT2D eigenvalue weighted by atomic mass is 16.3. The number of pyridine rings is 1. The SMILES string of the molecule is CC(=O)N1CC2(CC(N3CNn4ccc(=O)c(O)c4C3=O)C2)C1. The van der Waals surface area contributed by atoms with Gasteiger partial charge in [-0.15, -0.1) is 0 Å². The first-order valence-electron chi connectivity index (χ1n) is 7.65. The summed E-state index contributed by atoms with van der Waals surface area (Å²) in [5.74, 6) is -0.760. The van der Waals surface area contributed by atoms with Crippen LogP contribution < -0.4 is 10.9 Å². The number of hydrogen-bond acceptors (Lipinski definition) is 5. The van der Waals surface area contributed by atoms with Gasteiger partial charge in [-0.25, -0.2) is 0 Å². The van der Waals surface area contributed by atoms with Crippen LogP contribution in [0.15, 0.2) is 17.1 Å². The summed E-state index contributed by atoms with van der Waals surface area (Å²) >= 11 is 0. The molecule has 8 nitrogen and oxygen atoms in total. The number of nitrogens with one attached hydrogen (secondary N) is 1. The molecule has 23 heavy (non-hydrogen) atoms. The maximum atomic E-state index is 12.6. The summed E-state index contributed by atoms with van der Waals surface area (Å²) in [6.07, 6.45) is 3.15. The van der Waals surface area contributed by atoms with Crippen molar-refractivity contribution in [2.75, 3.05) is 25.2 Å².